The summed E-state index contributed by atoms with van der Waals surface area (Å²) in [7, 11) is 0. The van der Waals surface area contributed by atoms with Gasteiger partial charge in [0.1, 0.15) is 0 Å². The van der Waals surface area contributed by atoms with E-state index in [2.05, 4.69) is 43.0 Å². The number of rotatable bonds is 2. The lowest BCUT2D eigenvalue weighted by atomic mass is 9.70. The van der Waals surface area contributed by atoms with Gasteiger partial charge in [0.25, 0.3) is 0 Å². The fraction of sp³-hybridized carbons (Fsp3) is 0.684. The fourth-order valence-corrected chi connectivity index (χ4v) is 4.18. The molecule has 2 N–H and O–H groups in total. The van der Waals surface area contributed by atoms with Gasteiger partial charge >= 0.3 is 0 Å². The molecule has 2 atom stereocenters. The Labute approximate surface area is 129 Å². The average molecular weight is 286 g/mol. The molecule has 1 aliphatic heterocycles. The molecule has 2 unspecified atom stereocenters. The minimum absolute atomic E-state index is 0.406. The first-order chi connectivity index (χ1) is 10.0. The predicted octanol–water partition coefficient (Wildman–Crippen LogP) is 3.24. The van der Waals surface area contributed by atoms with Crippen molar-refractivity contribution in [3.63, 3.8) is 0 Å². The first kappa shape index (κ1) is 15.1. The fourth-order valence-electron chi connectivity index (χ4n) is 4.18. The molecular weight excluding hydrogens is 256 g/mol. The van der Waals surface area contributed by atoms with Crippen molar-refractivity contribution in [1.82, 2.24) is 4.90 Å². The van der Waals surface area contributed by atoms with Gasteiger partial charge < -0.3 is 10.6 Å². The van der Waals surface area contributed by atoms with Gasteiger partial charge in [-0.05, 0) is 54.6 Å². The topological polar surface area (TPSA) is 29.3 Å². The van der Waals surface area contributed by atoms with Crippen LogP contribution in [-0.4, -0.2) is 30.6 Å². The highest BCUT2D eigenvalue weighted by Gasteiger charge is 2.34. The van der Waals surface area contributed by atoms with Crippen molar-refractivity contribution in [1.29, 1.82) is 0 Å². The Morgan fingerprint density at radius 3 is 2.38 bits per heavy atom. The SMILES string of the molecule is CC1(C)CCC(N)C(CN2CCc3ccccc3CC2)C1. The minimum atomic E-state index is 0.406. The summed E-state index contributed by atoms with van der Waals surface area (Å²) in [5, 5.41) is 0. The monoisotopic (exact) mass is 286 g/mol. The molecule has 0 saturated heterocycles. The van der Waals surface area contributed by atoms with Crippen LogP contribution >= 0.6 is 0 Å². The van der Waals surface area contributed by atoms with Crippen molar-refractivity contribution in [3.05, 3.63) is 35.4 Å². The lowest BCUT2D eigenvalue weighted by Crippen LogP contribution is -2.45. The zero-order valence-corrected chi connectivity index (χ0v) is 13.6. The summed E-state index contributed by atoms with van der Waals surface area (Å²) in [6.45, 7) is 8.40. The summed E-state index contributed by atoms with van der Waals surface area (Å²) in [6, 6.07) is 9.36. The smallest absolute Gasteiger partial charge is 0.00797 e. The third-order valence-electron chi connectivity index (χ3n) is 5.58. The second-order valence-electron chi connectivity index (χ2n) is 7.90. The highest BCUT2D eigenvalue weighted by molar-refractivity contribution is 5.28. The molecule has 2 aliphatic rings. The molecule has 1 aromatic rings. The van der Waals surface area contributed by atoms with Crippen LogP contribution in [0.15, 0.2) is 24.3 Å². The van der Waals surface area contributed by atoms with Crippen LogP contribution in [0.4, 0.5) is 0 Å². The molecule has 1 saturated carbocycles. The van der Waals surface area contributed by atoms with E-state index in [0.29, 0.717) is 17.4 Å². The molecule has 0 aromatic heterocycles. The maximum atomic E-state index is 6.41. The van der Waals surface area contributed by atoms with Gasteiger partial charge in [0.2, 0.25) is 0 Å². The Morgan fingerprint density at radius 1 is 1.14 bits per heavy atom. The van der Waals surface area contributed by atoms with Gasteiger partial charge in [0, 0.05) is 25.7 Å². The highest BCUT2D eigenvalue weighted by Crippen LogP contribution is 2.38. The lowest BCUT2D eigenvalue weighted by Gasteiger charge is -2.41. The molecule has 1 aliphatic carbocycles. The Hall–Kier alpha value is -0.860. The van der Waals surface area contributed by atoms with Crippen molar-refractivity contribution in [3.8, 4) is 0 Å². The summed E-state index contributed by atoms with van der Waals surface area (Å²) in [6.07, 6.45) is 6.17. The Balaban J connectivity index is 1.61. The van der Waals surface area contributed by atoms with Gasteiger partial charge in [-0.3, -0.25) is 0 Å². The molecule has 1 aromatic carbocycles. The summed E-state index contributed by atoms with van der Waals surface area (Å²) < 4.78 is 0. The van der Waals surface area contributed by atoms with E-state index in [1.54, 1.807) is 11.1 Å². The summed E-state index contributed by atoms with van der Waals surface area (Å²) in [4.78, 5) is 2.66. The molecular formula is C19H30N2. The molecule has 21 heavy (non-hydrogen) atoms. The van der Waals surface area contributed by atoms with Crippen LogP contribution in [-0.2, 0) is 12.8 Å². The van der Waals surface area contributed by atoms with Gasteiger partial charge in [-0.2, -0.15) is 0 Å². The van der Waals surface area contributed by atoms with Gasteiger partial charge in [0.15, 0.2) is 0 Å². The van der Waals surface area contributed by atoms with Gasteiger partial charge in [-0.1, -0.05) is 38.1 Å². The van der Waals surface area contributed by atoms with Crippen LogP contribution in [0.1, 0.15) is 44.2 Å². The molecule has 1 heterocycles. The number of hydrogen-bond acceptors (Lipinski definition) is 2. The van der Waals surface area contributed by atoms with E-state index in [9.17, 15) is 0 Å². The second kappa shape index (κ2) is 6.10. The van der Waals surface area contributed by atoms with Crippen LogP contribution in [0.2, 0.25) is 0 Å². The molecule has 0 spiro atoms. The summed E-state index contributed by atoms with van der Waals surface area (Å²) in [5.74, 6) is 0.676. The van der Waals surface area contributed by atoms with Crippen molar-refractivity contribution in [2.75, 3.05) is 19.6 Å². The number of nitrogens with zero attached hydrogens (tertiary/aromatic N) is 1. The number of benzene rings is 1. The average Bonchev–Trinajstić information content (AvgIpc) is 2.66. The van der Waals surface area contributed by atoms with Crippen LogP contribution in [0.3, 0.4) is 0 Å². The molecule has 0 radical (unpaired) electrons. The third-order valence-corrected chi connectivity index (χ3v) is 5.58. The maximum Gasteiger partial charge on any atom is 0.00797 e. The molecule has 0 amide bonds. The summed E-state index contributed by atoms with van der Waals surface area (Å²) in [5.41, 5.74) is 9.99. The second-order valence-corrected chi connectivity index (χ2v) is 7.90. The van der Waals surface area contributed by atoms with Gasteiger partial charge in [0.05, 0.1) is 0 Å². The molecule has 116 valence electrons. The van der Waals surface area contributed by atoms with Crippen molar-refractivity contribution in [2.45, 2.75) is 52.0 Å². The molecule has 2 heteroatoms. The Kier molecular flexibility index (Phi) is 4.37. The standard InChI is InChI=1S/C19H30N2/c1-19(2)10-7-18(20)17(13-19)14-21-11-8-15-5-3-4-6-16(15)9-12-21/h3-6,17-18H,7-14,20H2,1-2H3. The number of fused-ring (bicyclic) bond motifs is 1. The third kappa shape index (κ3) is 3.67. The summed E-state index contributed by atoms with van der Waals surface area (Å²) >= 11 is 0. The largest absolute Gasteiger partial charge is 0.327 e. The van der Waals surface area contributed by atoms with Crippen LogP contribution < -0.4 is 5.73 Å². The first-order valence-corrected chi connectivity index (χ1v) is 8.58. The lowest BCUT2D eigenvalue weighted by molar-refractivity contribution is 0.116. The first-order valence-electron chi connectivity index (χ1n) is 8.58. The number of hydrogen-bond donors (Lipinski definition) is 1. The quantitative estimate of drug-likeness (QED) is 0.904. The molecule has 0 bridgehead atoms. The van der Waals surface area contributed by atoms with E-state index in [4.69, 9.17) is 5.73 Å². The van der Waals surface area contributed by atoms with Crippen molar-refractivity contribution in [2.24, 2.45) is 17.1 Å². The van der Waals surface area contributed by atoms with Crippen LogP contribution in [0, 0.1) is 11.3 Å². The van der Waals surface area contributed by atoms with E-state index in [1.165, 1.54) is 51.7 Å². The van der Waals surface area contributed by atoms with Crippen molar-refractivity contribution < 1.29 is 0 Å². The van der Waals surface area contributed by atoms with E-state index < -0.39 is 0 Å². The van der Waals surface area contributed by atoms with Gasteiger partial charge in [-0.25, -0.2) is 0 Å². The van der Waals surface area contributed by atoms with Crippen LogP contribution in [0.25, 0.3) is 0 Å². The van der Waals surface area contributed by atoms with E-state index >= 15 is 0 Å². The zero-order chi connectivity index (χ0) is 14.9. The molecule has 3 rings (SSSR count). The zero-order valence-electron chi connectivity index (χ0n) is 13.6. The Morgan fingerprint density at radius 2 is 1.76 bits per heavy atom. The molecule has 1 fully saturated rings. The number of nitrogens with two attached hydrogens (primary N) is 1. The Bertz CT molecular complexity index is 453. The van der Waals surface area contributed by atoms with Crippen LogP contribution in [0.5, 0.6) is 0 Å². The normalized spacial score (nSPS) is 29.7. The predicted molar refractivity (Wildman–Crippen MR) is 89.4 cm³/mol. The van der Waals surface area contributed by atoms with Crippen molar-refractivity contribution >= 4 is 0 Å². The van der Waals surface area contributed by atoms with E-state index in [-0.39, 0.29) is 0 Å². The van der Waals surface area contributed by atoms with E-state index in [0.717, 1.165) is 0 Å². The highest BCUT2D eigenvalue weighted by atomic mass is 15.1. The minimum Gasteiger partial charge on any atom is -0.327 e. The maximum absolute atomic E-state index is 6.41. The van der Waals surface area contributed by atoms with E-state index in [1.807, 2.05) is 0 Å². The van der Waals surface area contributed by atoms with Gasteiger partial charge in [-0.15, -0.1) is 0 Å². The molecule has 2 nitrogen and oxygen atoms in total.